The highest BCUT2D eigenvalue weighted by Gasteiger charge is 2.00. The van der Waals surface area contributed by atoms with Gasteiger partial charge in [0.15, 0.2) is 5.82 Å². The molecule has 1 aromatic heterocycles. The van der Waals surface area contributed by atoms with E-state index in [1.165, 1.54) is 0 Å². The van der Waals surface area contributed by atoms with E-state index in [9.17, 15) is 0 Å². The van der Waals surface area contributed by atoms with Gasteiger partial charge in [-0.1, -0.05) is 25.6 Å². The molecule has 1 heterocycles. The Morgan fingerprint density at radius 1 is 1.82 bits per heavy atom. The minimum atomic E-state index is 0.326. The Morgan fingerprint density at radius 2 is 2.55 bits per heavy atom. The van der Waals surface area contributed by atoms with Crippen molar-refractivity contribution in [2.75, 3.05) is 0 Å². The van der Waals surface area contributed by atoms with Crippen LogP contribution in [0.2, 0.25) is 0 Å². The average Bonchev–Trinajstić information content (AvgIpc) is 2.37. The third kappa shape index (κ3) is 2.01. The zero-order chi connectivity index (χ0) is 8.27. The van der Waals surface area contributed by atoms with Crippen molar-refractivity contribution in [2.45, 2.75) is 19.8 Å². The number of aromatic nitrogens is 2. The van der Waals surface area contributed by atoms with E-state index in [0.29, 0.717) is 10.8 Å². The number of H-pyrrole nitrogens is 1. The molecule has 0 fully saturated rings. The molecule has 3 N–H and O–H groups in total. The van der Waals surface area contributed by atoms with Gasteiger partial charge in [-0.3, -0.25) is 0 Å². The van der Waals surface area contributed by atoms with Crippen LogP contribution in [0.3, 0.4) is 0 Å². The second-order valence-corrected chi connectivity index (χ2v) is 2.81. The standard InChI is InChI=1S/C7H11N3S/c1-2-3-5-4-9-7(10-5)6(8)11/h4H,2-3H2,1H3,(H2,8,11)(H,9,10). The van der Waals surface area contributed by atoms with Crippen LogP contribution in [0.4, 0.5) is 0 Å². The third-order valence-corrected chi connectivity index (χ3v) is 1.57. The van der Waals surface area contributed by atoms with E-state index in [0.717, 1.165) is 18.5 Å². The van der Waals surface area contributed by atoms with Crippen LogP contribution in [-0.2, 0) is 6.42 Å². The molecule has 0 bridgehead atoms. The van der Waals surface area contributed by atoms with E-state index in [1.54, 1.807) is 6.20 Å². The minimum absolute atomic E-state index is 0.326. The van der Waals surface area contributed by atoms with Gasteiger partial charge in [-0.2, -0.15) is 0 Å². The van der Waals surface area contributed by atoms with Crippen LogP contribution in [-0.4, -0.2) is 15.0 Å². The Hall–Kier alpha value is -0.900. The molecular weight excluding hydrogens is 158 g/mol. The van der Waals surface area contributed by atoms with Crippen LogP contribution < -0.4 is 5.73 Å². The number of aromatic amines is 1. The van der Waals surface area contributed by atoms with Crippen molar-refractivity contribution >= 4 is 17.2 Å². The molecule has 0 aliphatic rings. The summed E-state index contributed by atoms with van der Waals surface area (Å²) >= 11 is 4.74. The fraction of sp³-hybridized carbons (Fsp3) is 0.429. The molecule has 11 heavy (non-hydrogen) atoms. The molecule has 0 unspecified atom stereocenters. The summed E-state index contributed by atoms with van der Waals surface area (Å²) in [7, 11) is 0. The maximum atomic E-state index is 5.36. The lowest BCUT2D eigenvalue weighted by molar-refractivity contribution is 0.891. The van der Waals surface area contributed by atoms with E-state index in [2.05, 4.69) is 16.9 Å². The molecule has 3 nitrogen and oxygen atoms in total. The molecule has 0 saturated heterocycles. The van der Waals surface area contributed by atoms with Crippen molar-refractivity contribution in [3.63, 3.8) is 0 Å². The SMILES string of the molecule is CCCc1cnc(C(N)=S)[nH]1. The Bertz CT molecular complexity index is 254. The summed E-state index contributed by atoms with van der Waals surface area (Å²) < 4.78 is 0. The predicted molar refractivity (Wildman–Crippen MR) is 48.5 cm³/mol. The lowest BCUT2D eigenvalue weighted by Gasteiger charge is -1.90. The van der Waals surface area contributed by atoms with Crippen LogP contribution in [0.25, 0.3) is 0 Å². The molecule has 0 radical (unpaired) electrons. The number of aryl methyl sites for hydroxylation is 1. The van der Waals surface area contributed by atoms with Gasteiger partial charge in [0.2, 0.25) is 0 Å². The van der Waals surface area contributed by atoms with Gasteiger partial charge in [0, 0.05) is 11.9 Å². The van der Waals surface area contributed by atoms with Gasteiger partial charge >= 0.3 is 0 Å². The first-order valence-electron chi connectivity index (χ1n) is 3.57. The monoisotopic (exact) mass is 169 g/mol. The summed E-state index contributed by atoms with van der Waals surface area (Å²) in [5, 5.41) is 0. The van der Waals surface area contributed by atoms with Gasteiger partial charge in [0.25, 0.3) is 0 Å². The number of hydrogen-bond donors (Lipinski definition) is 2. The van der Waals surface area contributed by atoms with E-state index in [4.69, 9.17) is 18.0 Å². The molecule has 60 valence electrons. The molecule has 0 aliphatic carbocycles. The number of thiocarbonyl (C=S) groups is 1. The van der Waals surface area contributed by atoms with Crippen LogP contribution in [0.1, 0.15) is 24.9 Å². The normalized spacial score (nSPS) is 9.91. The number of rotatable bonds is 3. The molecule has 1 aromatic rings. The third-order valence-electron chi connectivity index (χ3n) is 1.38. The molecule has 0 saturated carbocycles. The predicted octanol–water partition coefficient (Wildman–Crippen LogP) is 0.996. The van der Waals surface area contributed by atoms with Crippen LogP contribution in [0.15, 0.2) is 6.20 Å². The number of nitrogens with two attached hydrogens (primary N) is 1. The van der Waals surface area contributed by atoms with Crippen LogP contribution >= 0.6 is 12.2 Å². The fourth-order valence-corrected chi connectivity index (χ4v) is 0.984. The van der Waals surface area contributed by atoms with Crippen molar-refractivity contribution in [1.82, 2.24) is 9.97 Å². The molecule has 0 spiro atoms. The smallest absolute Gasteiger partial charge is 0.164 e. The molecular formula is C7H11N3S. The number of hydrogen-bond acceptors (Lipinski definition) is 2. The first-order chi connectivity index (χ1) is 5.24. The molecule has 0 amide bonds. The van der Waals surface area contributed by atoms with Gasteiger partial charge in [0.05, 0.1) is 0 Å². The van der Waals surface area contributed by atoms with E-state index in [1.807, 2.05) is 0 Å². The molecule has 0 aliphatic heterocycles. The highest BCUT2D eigenvalue weighted by Crippen LogP contribution is 1.99. The number of nitrogens with one attached hydrogen (secondary N) is 1. The summed E-state index contributed by atoms with van der Waals surface area (Å²) in [4.78, 5) is 7.38. The minimum Gasteiger partial charge on any atom is -0.387 e. The summed E-state index contributed by atoms with van der Waals surface area (Å²) in [5.74, 6) is 0.614. The molecule has 0 aromatic carbocycles. The first kappa shape index (κ1) is 8.20. The van der Waals surface area contributed by atoms with Gasteiger partial charge in [-0.05, 0) is 6.42 Å². The quantitative estimate of drug-likeness (QED) is 0.664. The number of nitrogens with zero attached hydrogens (tertiary/aromatic N) is 1. The maximum absolute atomic E-state index is 5.36. The summed E-state index contributed by atoms with van der Waals surface area (Å²) in [6.45, 7) is 2.11. The van der Waals surface area contributed by atoms with Crippen molar-refractivity contribution in [1.29, 1.82) is 0 Å². The second-order valence-electron chi connectivity index (χ2n) is 2.37. The van der Waals surface area contributed by atoms with E-state index in [-0.39, 0.29) is 0 Å². The van der Waals surface area contributed by atoms with Crippen LogP contribution in [0.5, 0.6) is 0 Å². The van der Waals surface area contributed by atoms with E-state index >= 15 is 0 Å². The Kier molecular flexibility index (Phi) is 2.59. The number of imidazole rings is 1. The maximum Gasteiger partial charge on any atom is 0.164 e. The largest absolute Gasteiger partial charge is 0.387 e. The van der Waals surface area contributed by atoms with Crippen LogP contribution in [0, 0.1) is 0 Å². The fourth-order valence-electron chi connectivity index (χ4n) is 0.881. The van der Waals surface area contributed by atoms with Gasteiger partial charge < -0.3 is 10.7 Å². The van der Waals surface area contributed by atoms with Gasteiger partial charge in [0.1, 0.15) is 4.99 Å². The first-order valence-corrected chi connectivity index (χ1v) is 3.98. The highest BCUT2D eigenvalue weighted by molar-refractivity contribution is 7.80. The highest BCUT2D eigenvalue weighted by atomic mass is 32.1. The Morgan fingerprint density at radius 3 is 3.00 bits per heavy atom. The summed E-state index contributed by atoms with van der Waals surface area (Å²) in [6.07, 6.45) is 3.87. The zero-order valence-corrected chi connectivity index (χ0v) is 7.24. The van der Waals surface area contributed by atoms with Crippen molar-refractivity contribution in [2.24, 2.45) is 5.73 Å². The van der Waals surface area contributed by atoms with E-state index < -0.39 is 0 Å². The summed E-state index contributed by atoms with van der Waals surface area (Å²) in [6, 6.07) is 0. The Balaban J connectivity index is 2.73. The lowest BCUT2D eigenvalue weighted by Crippen LogP contribution is -2.11. The van der Waals surface area contributed by atoms with Crippen molar-refractivity contribution < 1.29 is 0 Å². The summed E-state index contributed by atoms with van der Waals surface area (Å²) in [5.41, 5.74) is 6.45. The van der Waals surface area contributed by atoms with Gasteiger partial charge in [-0.15, -0.1) is 0 Å². The van der Waals surface area contributed by atoms with Gasteiger partial charge in [-0.25, -0.2) is 4.98 Å². The molecule has 1 rings (SSSR count). The van der Waals surface area contributed by atoms with Crippen molar-refractivity contribution in [3.05, 3.63) is 17.7 Å². The molecule has 4 heteroatoms. The molecule has 0 atom stereocenters. The van der Waals surface area contributed by atoms with Crippen molar-refractivity contribution in [3.8, 4) is 0 Å². The lowest BCUT2D eigenvalue weighted by atomic mass is 10.3. The topological polar surface area (TPSA) is 54.7 Å². The zero-order valence-electron chi connectivity index (χ0n) is 6.42. The Labute approximate surface area is 71.0 Å². The average molecular weight is 169 g/mol. The second kappa shape index (κ2) is 3.48.